The number of allylic oxidation sites excluding steroid dienone is 2. The standard InChI is InChI=1S/C11H15FN2/c12-9-4-1-5-10-11(9)14-6-2-3-8(14)7-13-10/h1,4,8,10,13H,2-3,5-7H2. The van der Waals surface area contributed by atoms with Gasteiger partial charge >= 0.3 is 0 Å². The number of nitrogens with zero attached hydrogens (tertiary/aromatic N) is 1. The first-order chi connectivity index (χ1) is 6.86. The average molecular weight is 194 g/mol. The second-order valence-electron chi connectivity index (χ2n) is 4.32. The van der Waals surface area contributed by atoms with E-state index in [2.05, 4.69) is 10.2 Å². The SMILES string of the molecule is FC1=C2C(CC=C1)NCC1CCCN21. The van der Waals surface area contributed by atoms with Crippen LogP contribution in [0, 0.1) is 0 Å². The van der Waals surface area contributed by atoms with E-state index in [1.54, 1.807) is 6.08 Å². The summed E-state index contributed by atoms with van der Waals surface area (Å²) in [4.78, 5) is 2.28. The van der Waals surface area contributed by atoms with Gasteiger partial charge in [-0.2, -0.15) is 0 Å². The number of fused-ring (bicyclic) bond motifs is 3. The minimum atomic E-state index is -0.0275. The summed E-state index contributed by atoms with van der Waals surface area (Å²) in [5.41, 5.74) is 0.918. The van der Waals surface area contributed by atoms with Gasteiger partial charge in [0.15, 0.2) is 0 Å². The summed E-state index contributed by atoms with van der Waals surface area (Å²) in [6, 6.07) is 0.771. The van der Waals surface area contributed by atoms with E-state index in [1.807, 2.05) is 6.08 Å². The lowest BCUT2D eigenvalue weighted by atomic mass is 9.98. The second-order valence-corrected chi connectivity index (χ2v) is 4.32. The Morgan fingerprint density at radius 2 is 2.43 bits per heavy atom. The van der Waals surface area contributed by atoms with Crippen LogP contribution in [0.4, 0.5) is 4.39 Å². The normalized spacial score (nSPS) is 35.9. The lowest BCUT2D eigenvalue weighted by molar-refractivity contribution is 0.222. The summed E-state index contributed by atoms with van der Waals surface area (Å²) >= 11 is 0. The smallest absolute Gasteiger partial charge is 0.143 e. The quantitative estimate of drug-likeness (QED) is 0.629. The monoisotopic (exact) mass is 194 g/mol. The first kappa shape index (κ1) is 8.48. The fraction of sp³-hybridized carbons (Fsp3) is 0.636. The van der Waals surface area contributed by atoms with Crippen molar-refractivity contribution >= 4 is 0 Å². The van der Waals surface area contributed by atoms with E-state index in [0.29, 0.717) is 6.04 Å². The highest BCUT2D eigenvalue weighted by Crippen LogP contribution is 2.33. The number of hydrogen-bond acceptors (Lipinski definition) is 2. The minimum Gasteiger partial charge on any atom is -0.367 e. The largest absolute Gasteiger partial charge is 0.367 e. The molecule has 0 spiro atoms. The molecule has 2 heterocycles. The molecule has 2 unspecified atom stereocenters. The molecule has 0 aromatic heterocycles. The van der Waals surface area contributed by atoms with Crippen molar-refractivity contribution in [1.29, 1.82) is 0 Å². The van der Waals surface area contributed by atoms with Crippen LogP contribution in [0.1, 0.15) is 19.3 Å². The minimum absolute atomic E-state index is 0.0275. The first-order valence-corrected chi connectivity index (χ1v) is 5.42. The molecule has 1 N–H and O–H groups in total. The zero-order chi connectivity index (χ0) is 9.54. The number of hydrogen-bond donors (Lipinski definition) is 1. The zero-order valence-electron chi connectivity index (χ0n) is 8.17. The Balaban J connectivity index is 1.98. The summed E-state index contributed by atoms with van der Waals surface area (Å²) in [6.07, 6.45) is 6.90. The Hall–Kier alpha value is -0.830. The van der Waals surface area contributed by atoms with E-state index in [1.165, 1.54) is 12.8 Å². The van der Waals surface area contributed by atoms with Crippen molar-refractivity contribution in [1.82, 2.24) is 10.2 Å². The van der Waals surface area contributed by atoms with Gasteiger partial charge in [0.1, 0.15) is 5.83 Å². The third-order valence-corrected chi connectivity index (χ3v) is 3.50. The summed E-state index contributed by atoms with van der Waals surface area (Å²) < 4.78 is 13.7. The van der Waals surface area contributed by atoms with Gasteiger partial charge in [0.05, 0.1) is 11.7 Å². The van der Waals surface area contributed by atoms with Crippen molar-refractivity contribution < 1.29 is 4.39 Å². The van der Waals surface area contributed by atoms with E-state index in [4.69, 9.17) is 0 Å². The van der Waals surface area contributed by atoms with Crippen molar-refractivity contribution in [2.24, 2.45) is 0 Å². The molecular formula is C11H15FN2. The highest BCUT2D eigenvalue weighted by molar-refractivity contribution is 5.31. The van der Waals surface area contributed by atoms with Crippen LogP contribution < -0.4 is 5.32 Å². The maximum atomic E-state index is 13.7. The van der Waals surface area contributed by atoms with Crippen LogP contribution in [0.2, 0.25) is 0 Å². The van der Waals surface area contributed by atoms with Crippen LogP contribution in [0.25, 0.3) is 0 Å². The third-order valence-electron chi connectivity index (χ3n) is 3.50. The van der Waals surface area contributed by atoms with Gasteiger partial charge in [-0.1, -0.05) is 6.08 Å². The Morgan fingerprint density at radius 1 is 1.50 bits per heavy atom. The van der Waals surface area contributed by atoms with Crippen LogP contribution in [0.5, 0.6) is 0 Å². The van der Waals surface area contributed by atoms with Crippen LogP contribution in [0.15, 0.2) is 23.7 Å². The topological polar surface area (TPSA) is 15.3 Å². The zero-order valence-corrected chi connectivity index (χ0v) is 8.17. The van der Waals surface area contributed by atoms with Crippen molar-refractivity contribution in [2.75, 3.05) is 13.1 Å². The van der Waals surface area contributed by atoms with Gasteiger partial charge in [0.25, 0.3) is 0 Å². The molecule has 2 fully saturated rings. The molecule has 0 aromatic rings. The van der Waals surface area contributed by atoms with Gasteiger partial charge in [-0.3, -0.25) is 0 Å². The van der Waals surface area contributed by atoms with Crippen LogP contribution in [-0.4, -0.2) is 30.1 Å². The molecule has 0 saturated carbocycles. The van der Waals surface area contributed by atoms with Crippen LogP contribution in [0.3, 0.4) is 0 Å². The van der Waals surface area contributed by atoms with Crippen molar-refractivity contribution in [2.45, 2.75) is 31.3 Å². The molecule has 76 valence electrons. The van der Waals surface area contributed by atoms with Crippen molar-refractivity contribution in [3.8, 4) is 0 Å². The Labute approximate surface area is 83.5 Å². The van der Waals surface area contributed by atoms with Crippen LogP contribution >= 0.6 is 0 Å². The van der Waals surface area contributed by atoms with Gasteiger partial charge in [0, 0.05) is 19.1 Å². The number of rotatable bonds is 0. The molecular weight excluding hydrogens is 179 g/mol. The maximum Gasteiger partial charge on any atom is 0.143 e. The molecule has 2 atom stereocenters. The summed E-state index contributed by atoms with van der Waals surface area (Å²) in [5, 5.41) is 3.43. The predicted molar refractivity (Wildman–Crippen MR) is 53.4 cm³/mol. The number of piperazine rings is 1. The number of nitrogens with one attached hydrogen (secondary N) is 1. The molecule has 3 aliphatic rings. The third kappa shape index (κ3) is 1.12. The second kappa shape index (κ2) is 3.09. The molecule has 2 aliphatic heterocycles. The van der Waals surface area contributed by atoms with Gasteiger partial charge in [-0.05, 0) is 25.3 Å². The highest BCUT2D eigenvalue weighted by Gasteiger charge is 2.36. The summed E-state index contributed by atoms with van der Waals surface area (Å²) in [6.45, 7) is 2.06. The van der Waals surface area contributed by atoms with Crippen molar-refractivity contribution in [3.63, 3.8) is 0 Å². The lowest BCUT2D eigenvalue weighted by Crippen LogP contribution is -2.52. The van der Waals surface area contributed by atoms with E-state index in [-0.39, 0.29) is 11.9 Å². The van der Waals surface area contributed by atoms with E-state index < -0.39 is 0 Å². The average Bonchev–Trinajstić information content (AvgIpc) is 2.65. The summed E-state index contributed by atoms with van der Waals surface area (Å²) in [5.74, 6) is -0.0275. The molecule has 0 amide bonds. The van der Waals surface area contributed by atoms with Crippen LogP contribution in [-0.2, 0) is 0 Å². The highest BCUT2D eigenvalue weighted by atomic mass is 19.1. The molecule has 1 aliphatic carbocycles. The van der Waals surface area contributed by atoms with Gasteiger partial charge < -0.3 is 10.2 Å². The molecule has 0 radical (unpaired) electrons. The fourth-order valence-electron chi connectivity index (χ4n) is 2.83. The number of halogens is 1. The van der Waals surface area contributed by atoms with Gasteiger partial charge in [-0.15, -0.1) is 0 Å². The molecule has 2 nitrogen and oxygen atoms in total. The Morgan fingerprint density at radius 3 is 3.36 bits per heavy atom. The van der Waals surface area contributed by atoms with Gasteiger partial charge in [-0.25, -0.2) is 4.39 Å². The van der Waals surface area contributed by atoms with Crippen molar-refractivity contribution in [3.05, 3.63) is 23.7 Å². The summed E-state index contributed by atoms with van der Waals surface area (Å²) in [7, 11) is 0. The Kier molecular flexibility index (Phi) is 1.87. The molecule has 14 heavy (non-hydrogen) atoms. The predicted octanol–water partition coefficient (Wildman–Crippen LogP) is 1.56. The molecule has 3 heteroatoms. The maximum absolute atomic E-state index is 13.7. The molecule has 2 saturated heterocycles. The van der Waals surface area contributed by atoms with E-state index in [0.717, 1.165) is 25.2 Å². The first-order valence-electron chi connectivity index (χ1n) is 5.42. The van der Waals surface area contributed by atoms with E-state index >= 15 is 0 Å². The molecule has 0 aromatic carbocycles. The van der Waals surface area contributed by atoms with Gasteiger partial charge in [0.2, 0.25) is 0 Å². The fourth-order valence-corrected chi connectivity index (χ4v) is 2.83. The molecule has 0 bridgehead atoms. The van der Waals surface area contributed by atoms with E-state index in [9.17, 15) is 4.39 Å². The molecule has 3 rings (SSSR count). The lowest BCUT2D eigenvalue weighted by Gasteiger charge is -2.41. The Bertz CT molecular complexity index is 308.